The zero-order valence-electron chi connectivity index (χ0n) is 19.7. The fourth-order valence-corrected chi connectivity index (χ4v) is 5.59. The van der Waals surface area contributed by atoms with Crippen molar-refractivity contribution in [1.82, 2.24) is 0 Å². The maximum Gasteiger partial charge on any atom is 0.255 e. The lowest BCUT2D eigenvalue weighted by Crippen LogP contribution is -2.62. The van der Waals surface area contributed by atoms with E-state index in [1.54, 1.807) is 0 Å². The maximum atomic E-state index is 14.7. The minimum Gasteiger partial charge on any atom is -0.511 e. The molecule has 3 aliphatic carbocycles. The highest BCUT2D eigenvalue weighted by Gasteiger charge is 2.63. The molecule has 208 valence electrons. The van der Waals surface area contributed by atoms with E-state index in [2.05, 4.69) is 0 Å². The second-order valence-electron chi connectivity index (χ2n) is 9.43. The van der Waals surface area contributed by atoms with E-state index in [0.717, 1.165) is 18.2 Å². The molecule has 2 aromatic rings. The van der Waals surface area contributed by atoms with Crippen LogP contribution in [0.5, 0.6) is 5.75 Å². The fraction of sp³-hybridized carbons (Fsp3) is 0.192. The van der Waals surface area contributed by atoms with Crippen LogP contribution in [0.15, 0.2) is 40.9 Å². The van der Waals surface area contributed by atoms with E-state index in [1.807, 2.05) is 0 Å². The molecule has 3 aliphatic rings. The number of ketones is 2. The highest BCUT2D eigenvalue weighted by atomic mass is 19.2. The van der Waals surface area contributed by atoms with Crippen molar-refractivity contribution < 1.29 is 61.9 Å². The van der Waals surface area contributed by atoms with Crippen LogP contribution in [0.25, 0.3) is 11.6 Å². The van der Waals surface area contributed by atoms with Crippen LogP contribution < -0.4 is 5.73 Å². The number of halogens is 5. The van der Waals surface area contributed by atoms with E-state index in [1.165, 1.54) is 0 Å². The maximum absolute atomic E-state index is 14.7. The number of hydrogen-bond acceptors (Lipinski definition) is 8. The van der Waals surface area contributed by atoms with Crippen molar-refractivity contribution >= 4 is 29.1 Å². The lowest BCUT2D eigenvalue weighted by molar-refractivity contribution is -0.152. The van der Waals surface area contributed by atoms with Gasteiger partial charge in [-0.2, -0.15) is 0 Å². The first-order valence-electron chi connectivity index (χ1n) is 11.4. The Hall–Kier alpha value is -4.56. The summed E-state index contributed by atoms with van der Waals surface area (Å²) in [6.07, 6.45) is -2.63. The van der Waals surface area contributed by atoms with Crippen molar-refractivity contribution in [3.05, 3.63) is 86.6 Å². The standard InChI is InChI=1S/C26H16F5NO8/c27-16-8(17(28)19(30)20(31)18(16)29)4-7-6-2-1-3-10(33)12(6)22(36)15-13(7)21(35)9-5-11(34)14(25(32)39)23(37)26(9,40)24(15)38/h1-4,9,13,21,33-35,38,40H,5H2,(H2,32,39)/b7-4+/t9-,13-,21-,26-/m1/s1. The van der Waals surface area contributed by atoms with E-state index in [-0.39, 0.29) is 5.56 Å². The van der Waals surface area contributed by atoms with E-state index >= 15 is 0 Å². The number of nitrogens with two attached hydrogens (primary N) is 1. The van der Waals surface area contributed by atoms with Crippen molar-refractivity contribution in [3.8, 4) is 5.75 Å². The molecular formula is C26H16F5NO8. The summed E-state index contributed by atoms with van der Waals surface area (Å²) < 4.78 is 71.0. The Morgan fingerprint density at radius 3 is 2.12 bits per heavy atom. The number of rotatable bonds is 2. The van der Waals surface area contributed by atoms with Crippen LogP contribution in [0.3, 0.4) is 0 Å². The third kappa shape index (κ3) is 3.29. The summed E-state index contributed by atoms with van der Waals surface area (Å²) in [4.78, 5) is 38.4. The van der Waals surface area contributed by atoms with Gasteiger partial charge in [0.05, 0.1) is 22.8 Å². The molecule has 0 saturated carbocycles. The topological polar surface area (TPSA) is 178 Å². The number of aliphatic hydroxyl groups is 4. The molecule has 9 nitrogen and oxygen atoms in total. The highest BCUT2D eigenvalue weighted by Crippen LogP contribution is 2.55. The van der Waals surface area contributed by atoms with Crippen molar-refractivity contribution in [2.75, 3.05) is 0 Å². The third-order valence-electron chi connectivity index (χ3n) is 7.44. The molecule has 2 aromatic carbocycles. The van der Waals surface area contributed by atoms with Gasteiger partial charge in [-0.3, -0.25) is 14.4 Å². The Kier molecular flexibility index (Phi) is 5.89. The minimum absolute atomic E-state index is 0.347. The quantitative estimate of drug-likeness (QED) is 0.139. The highest BCUT2D eigenvalue weighted by molar-refractivity contribution is 6.25. The second kappa shape index (κ2) is 8.72. The molecule has 5 rings (SSSR count). The lowest BCUT2D eigenvalue weighted by atomic mass is 9.57. The van der Waals surface area contributed by atoms with Crippen LogP contribution >= 0.6 is 0 Å². The van der Waals surface area contributed by atoms with Crippen molar-refractivity contribution in [1.29, 1.82) is 0 Å². The Morgan fingerprint density at radius 1 is 0.975 bits per heavy atom. The number of aliphatic hydroxyl groups excluding tert-OH is 3. The van der Waals surface area contributed by atoms with Crippen molar-refractivity contribution in [2.45, 2.75) is 18.1 Å². The number of primary amides is 1. The van der Waals surface area contributed by atoms with Crippen molar-refractivity contribution in [3.63, 3.8) is 0 Å². The lowest BCUT2D eigenvalue weighted by Gasteiger charge is -2.49. The molecule has 0 radical (unpaired) electrons. The molecule has 0 aromatic heterocycles. The van der Waals surface area contributed by atoms with Crippen LogP contribution in [0.4, 0.5) is 22.0 Å². The smallest absolute Gasteiger partial charge is 0.255 e. The number of allylic oxidation sites excluding steroid dienone is 1. The summed E-state index contributed by atoms with van der Waals surface area (Å²) in [6.45, 7) is 0. The largest absolute Gasteiger partial charge is 0.511 e. The molecule has 0 fully saturated rings. The zero-order chi connectivity index (χ0) is 29.6. The molecule has 40 heavy (non-hydrogen) atoms. The first-order chi connectivity index (χ1) is 18.7. The molecule has 4 atom stereocenters. The van der Waals surface area contributed by atoms with Gasteiger partial charge in [0.1, 0.15) is 22.8 Å². The molecule has 0 heterocycles. The number of phenolic OH excluding ortho intramolecular Hbond substituents is 1. The Morgan fingerprint density at radius 2 is 1.55 bits per heavy atom. The van der Waals surface area contributed by atoms with Gasteiger partial charge in [-0.1, -0.05) is 12.1 Å². The summed E-state index contributed by atoms with van der Waals surface area (Å²) in [6, 6.07) is 3.26. The van der Waals surface area contributed by atoms with Crippen LogP contribution in [0, 0.1) is 40.9 Å². The number of amides is 1. The molecule has 14 heteroatoms. The molecular weight excluding hydrogens is 549 g/mol. The summed E-state index contributed by atoms with van der Waals surface area (Å²) in [5.74, 6) is -23.1. The first-order valence-corrected chi connectivity index (χ1v) is 11.4. The zero-order valence-corrected chi connectivity index (χ0v) is 19.7. The molecule has 7 N–H and O–H groups in total. The Bertz CT molecular complexity index is 1650. The number of Topliss-reactive ketones (excluding diaryl/α,β-unsaturated/α-hetero) is 2. The van der Waals surface area contributed by atoms with Gasteiger partial charge in [-0.05, 0) is 23.3 Å². The SMILES string of the molecule is NC(=O)C1=C(O)C[C@@H]2[C@@H](O)[C@H]3C(=C(O)[C@]2(O)C1=O)C(=O)c1c(O)cccc1/C3=C\c1c(F)c(F)c(F)c(F)c1F. The van der Waals surface area contributed by atoms with Crippen LogP contribution in [0.2, 0.25) is 0 Å². The van der Waals surface area contributed by atoms with Crippen molar-refractivity contribution in [2.24, 2.45) is 17.6 Å². The van der Waals surface area contributed by atoms with Gasteiger partial charge in [0, 0.05) is 18.3 Å². The molecule has 1 amide bonds. The Balaban J connectivity index is 1.87. The van der Waals surface area contributed by atoms with E-state index < -0.39 is 122 Å². The van der Waals surface area contributed by atoms with Gasteiger partial charge >= 0.3 is 0 Å². The number of carbonyl (C=O) groups excluding carboxylic acids is 3. The van der Waals surface area contributed by atoms with Gasteiger partial charge in [0.2, 0.25) is 11.6 Å². The minimum atomic E-state index is -3.21. The summed E-state index contributed by atoms with van der Waals surface area (Å²) in [5, 5.41) is 54.5. The summed E-state index contributed by atoms with van der Waals surface area (Å²) in [5.41, 5.74) is -3.28. The number of aromatic hydroxyl groups is 1. The van der Waals surface area contributed by atoms with Crippen LogP contribution in [-0.4, -0.2) is 54.7 Å². The van der Waals surface area contributed by atoms with Gasteiger partial charge < -0.3 is 31.3 Å². The van der Waals surface area contributed by atoms with E-state index in [0.29, 0.717) is 6.08 Å². The van der Waals surface area contributed by atoms with Gasteiger partial charge in [0.15, 0.2) is 34.7 Å². The number of phenols is 1. The van der Waals surface area contributed by atoms with Gasteiger partial charge in [-0.25, -0.2) is 22.0 Å². The molecule has 0 saturated heterocycles. The van der Waals surface area contributed by atoms with Crippen LogP contribution in [-0.2, 0) is 9.59 Å². The number of fused-ring (bicyclic) bond motifs is 3. The fourth-order valence-electron chi connectivity index (χ4n) is 5.59. The van der Waals surface area contributed by atoms with E-state index in [4.69, 9.17) is 5.73 Å². The van der Waals surface area contributed by atoms with E-state index in [9.17, 15) is 61.9 Å². The normalized spacial score (nSPS) is 27.1. The average Bonchev–Trinajstić information content (AvgIpc) is 2.90. The predicted molar refractivity (Wildman–Crippen MR) is 123 cm³/mol. The first kappa shape index (κ1) is 27.0. The third-order valence-corrected chi connectivity index (χ3v) is 7.44. The predicted octanol–water partition coefficient (Wildman–Crippen LogP) is 2.24. The van der Waals surface area contributed by atoms with Gasteiger partial charge in [-0.15, -0.1) is 0 Å². The number of carbonyl (C=O) groups is 3. The molecule has 0 bridgehead atoms. The second-order valence-corrected chi connectivity index (χ2v) is 9.43. The summed E-state index contributed by atoms with van der Waals surface area (Å²) in [7, 11) is 0. The molecule has 0 spiro atoms. The molecule has 0 aliphatic heterocycles. The summed E-state index contributed by atoms with van der Waals surface area (Å²) >= 11 is 0. The molecule has 0 unspecified atom stereocenters. The number of hydrogen-bond donors (Lipinski definition) is 6. The average molecular weight is 565 g/mol. The monoisotopic (exact) mass is 565 g/mol. The van der Waals surface area contributed by atoms with Gasteiger partial charge in [0.25, 0.3) is 5.91 Å². The van der Waals surface area contributed by atoms with Crippen LogP contribution in [0.1, 0.15) is 27.9 Å². The Labute approximate surface area is 219 Å². The number of benzene rings is 2.